The molecule has 0 saturated heterocycles. The summed E-state index contributed by atoms with van der Waals surface area (Å²) in [6.07, 6.45) is 1.87. The maximum Gasteiger partial charge on any atom is 0.0625 e. The van der Waals surface area contributed by atoms with Crippen LogP contribution in [0.25, 0.3) is 0 Å². The van der Waals surface area contributed by atoms with E-state index < -0.39 is 0 Å². The Morgan fingerprint density at radius 2 is 1.45 bits per heavy atom. The van der Waals surface area contributed by atoms with Crippen molar-refractivity contribution in [3.05, 3.63) is 0 Å². The summed E-state index contributed by atoms with van der Waals surface area (Å²) in [4.78, 5) is 0. The van der Waals surface area contributed by atoms with E-state index in [1.807, 2.05) is 18.2 Å². The Morgan fingerprint density at radius 3 is 1.82 bits per heavy atom. The first-order chi connectivity index (χ1) is 5.35. The van der Waals surface area contributed by atoms with Crippen LogP contribution in [0.1, 0.15) is 25.7 Å². The van der Waals surface area contributed by atoms with E-state index >= 15 is 0 Å². The minimum absolute atomic E-state index is 0.0876. The van der Waals surface area contributed by atoms with Crippen LogP contribution in [0.5, 0.6) is 0 Å². The van der Waals surface area contributed by atoms with Crippen LogP contribution < -0.4 is 0 Å². The van der Waals surface area contributed by atoms with Crippen molar-refractivity contribution in [2.24, 2.45) is 5.92 Å². The molecular weight excluding hydrogens is 138 g/mol. The van der Waals surface area contributed by atoms with Gasteiger partial charge in [-0.05, 0) is 12.3 Å². The van der Waals surface area contributed by atoms with Crippen LogP contribution in [0, 0.1) is 39.9 Å². The van der Waals surface area contributed by atoms with Crippen LogP contribution in [0.2, 0.25) is 0 Å². The fourth-order valence-electron chi connectivity index (χ4n) is 0.803. The summed E-state index contributed by atoms with van der Waals surface area (Å²) >= 11 is 0. The van der Waals surface area contributed by atoms with Gasteiger partial charge in [-0.3, -0.25) is 0 Å². The summed E-state index contributed by atoms with van der Waals surface area (Å²) in [7, 11) is 0. The van der Waals surface area contributed by atoms with Gasteiger partial charge in [0.15, 0.2) is 0 Å². The molecule has 0 atom stereocenters. The fraction of sp³-hybridized carbons (Fsp3) is 0.625. The van der Waals surface area contributed by atoms with Crippen LogP contribution >= 0.6 is 0 Å². The molecule has 0 aromatic rings. The third-order valence-electron chi connectivity index (χ3n) is 1.42. The zero-order valence-corrected chi connectivity index (χ0v) is 6.25. The normalized spacial score (nSPS) is 8.18. The largest absolute Gasteiger partial charge is 0.198 e. The number of hydrogen-bond donors (Lipinski definition) is 0. The topological polar surface area (TPSA) is 71.4 Å². The molecule has 0 unspecified atom stereocenters. The highest BCUT2D eigenvalue weighted by Crippen LogP contribution is 2.13. The monoisotopic (exact) mass is 147 g/mol. The van der Waals surface area contributed by atoms with Crippen molar-refractivity contribution >= 4 is 0 Å². The molecule has 0 bridgehead atoms. The lowest BCUT2D eigenvalue weighted by atomic mass is 9.98. The molecular formula is C8H9N3. The molecule has 0 aliphatic rings. The lowest BCUT2D eigenvalue weighted by Crippen LogP contribution is -1.97. The predicted octanol–water partition coefficient (Wildman–Crippen LogP) is 1.73. The Kier molecular flexibility index (Phi) is 5.67. The summed E-state index contributed by atoms with van der Waals surface area (Å²) < 4.78 is 0. The van der Waals surface area contributed by atoms with Gasteiger partial charge in [-0.2, -0.15) is 15.8 Å². The van der Waals surface area contributed by atoms with Crippen molar-refractivity contribution in [2.75, 3.05) is 0 Å². The predicted molar refractivity (Wildman–Crippen MR) is 38.8 cm³/mol. The number of rotatable bonds is 4. The molecule has 0 saturated carbocycles. The average Bonchev–Trinajstić information content (AvgIpc) is 2.01. The van der Waals surface area contributed by atoms with Gasteiger partial charge in [0, 0.05) is 19.3 Å². The van der Waals surface area contributed by atoms with E-state index in [0.717, 1.165) is 0 Å². The molecule has 0 spiro atoms. The first-order valence-electron chi connectivity index (χ1n) is 3.46. The molecule has 0 amide bonds. The maximum atomic E-state index is 8.32. The fourth-order valence-corrected chi connectivity index (χ4v) is 0.803. The Balaban J connectivity index is 3.65. The van der Waals surface area contributed by atoms with Crippen molar-refractivity contribution in [1.29, 1.82) is 15.8 Å². The van der Waals surface area contributed by atoms with Gasteiger partial charge in [0.1, 0.15) is 0 Å². The minimum atomic E-state index is 0.0876. The second-order valence-corrected chi connectivity index (χ2v) is 2.29. The second kappa shape index (κ2) is 6.59. The highest BCUT2D eigenvalue weighted by Gasteiger charge is 2.06. The van der Waals surface area contributed by atoms with Crippen molar-refractivity contribution < 1.29 is 0 Å². The molecule has 0 aliphatic heterocycles. The molecule has 0 rings (SSSR count). The Morgan fingerprint density at radius 1 is 0.909 bits per heavy atom. The molecule has 56 valence electrons. The average molecular weight is 147 g/mol. The van der Waals surface area contributed by atoms with E-state index in [0.29, 0.717) is 25.7 Å². The van der Waals surface area contributed by atoms with Crippen molar-refractivity contribution in [2.45, 2.75) is 25.7 Å². The van der Waals surface area contributed by atoms with Gasteiger partial charge in [-0.25, -0.2) is 0 Å². The van der Waals surface area contributed by atoms with Crippen LogP contribution in [0.3, 0.4) is 0 Å². The third-order valence-corrected chi connectivity index (χ3v) is 1.42. The van der Waals surface area contributed by atoms with E-state index in [1.165, 1.54) is 0 Å². The maximum absolute atomic E-state index is 8.32. The highest BCUT2D eigenvalue weighted by molar-refractivity contribution is 4.85. The van der Waals surface area contributed by atoms with E-state index in [2.05, 4.69) is 0 Å². The van der Waals surface area contributed by atoms with Crippen molar-refractivity contribution in [3.63, 3.8) is 0 Å². The molecule has 11 heavy (non-hydrogen) atoms. The molecule has 0 fully saturated rings. The second-order valence-electron chi connectivity index (χ2n) is 2.29. The SMILES string of the molecule is N#CCCC(CC#N)CC#N. The van der Waals surface area contributed by atoms with Crippen molar-refractivity contribution in [3.8, 4) is 18.2 Å². The van der Waals surface area contributed by atoms with E-state index in [-0.39, 0.29) is 5.92 Å². The standard InChI is InChI=1S/C8H9N3/c9-5-1-2-8(3-6-10)4-7-11/h8H,1-4H2. The zero-order chi connectivity index (χ0) is 8.53. The van der Waals surface area contributed by atoms with E-state index in [4.69, 9.17) is 15.8 Å². The zero-order valence-electron chi connectivity index (χ0n) is 6.25. The van der Waals surface area contributed by atoms with Gasteiger partial charge in [0.2, 0.25) is 0 Å². The molecule has 0 heterocycles. The molecule has 3 heteroatoms. The molecule has 3 nitrogen and oxygen atoms in total. The quantitative estimate of drug-likeness (QED) is 0.607. The van der Waals surface area contributed by atoms with Gasteiger partial charge in [-0.1, -0.05) is 0 Å². The van der Waals surface area contributed by atoms with Crippen LogP contribution in [0.4, 0.5) is 0 Å². The molecule has 0 aromatic heterocycles. The van der Waals surface area contributed by atoms with Crippen molar-refractivity contribution in [1.82, 2.24) is 0 Å². The van der Waals surface area contributed by atoms with E-state index in [1.54, 1.807) is 0 Å². The summed E-state index contributed by atoms with van der Waals surface area (Å²) in [6, 6.07) is 6.00. The van der Waals surface area contributed by atoms with Gasteiger partial charge >= 0.3 is 0 Å². The van der Waals surface area contributed by atoms with Gasteiger partial charge < -0.3 is 0 Å². The summed E-state index contributed by atoms with van der Waals surface area (Å²) in [5, 5.41) is 24.9. The lowest BCUT2D eigenvalue weighted by Gasteiger charge is -2.04. The van der Waals surface area contributed by atoms with Gasteiger partial charge in [0.05, 0.1) is 18.2 Å². The van der Waals surface area contributed by atoms with E-state index in [9.17, 15) is 0 Å². The Hall–Kier alpha value is -1.53. The summed E-state index contributed by atoms with van der Waals surface area (Å²) in [6.45, 7) is 0. The molecule has 0 aromatic carbocycles. The number of nitrogens with zero attached hydrogens (tertiary/aromatic N) is 3. The molecule has 0 N–H and O–H groups in total. The smallest absolute Gasteiger partial charge is 0.0625 e. The number of nitriles is 3. The Labute approximate surface area is 66.5 Å². The lowest BCUT2D eigenvalue weighted by molar-refractivity contribution is 0.515. The summed E-state index contributed by atoms with van der Waals surface area (Å²) in [5.41, 5.74) is 0. The summed E-state index contributed by atoms with van der Waals surface area (Å²) in [5.74, 6) is 0.0876. The van der Waals surface area contributed by atoms with Gasteiger partial charge in [0.25, 0.3) is 0 Å². The van der Waals surface area contributed by atoms with Gasteiger partial charge in [-0.15, -0.1) is 0 Å². The Bertz CT molecular complexity index is 197. The minimum Gasteiger partial charge on any atom is -0.198 e. The van der Waals surface area contributed by atoms with Crippen LogP contribution in [0.15, 0.2) is 0 Å². The third kappa shape index (κ3) is 4.94. The molecule has 0 aliphatic carbocycles. The van der Waals surface area contributed by atoms with Crippen LogP contribution in [-0.4, -0.2) is 0 Å². The first kappa shape index (κ1) is 9.47. The van der Waals surface area contributed by atoms with Crippen LogP contribution in [-0.2, 0) is 0 Å². The highest BCUT2D eigenvalue weighted by atomic mass is 14.3. The molecule has 0 radical (unpaired) electrons. The number of hydrogen-bond acceptors (Lipinski definition) is 3. The first-order valence-corrected chi connectivity index (χ1v) is 3.46.